The number of methoxy groups -OCH3 is 1. The highest BCUT2D eigenvalue weighted by Crippen LogP contribution is 2.32. The Morgan fingerprint density at radius 3 is 2.80 bits per heavy atom. The van der Waals surface area contributed by atoms with Gasteiger partial charge in [0.15, 0.2) is 9.84 Å². The molecule has 1 N–H and O–H groups in total. The summed E-state index contributed by atoms with van der Waals surface area (Å²) >= 11 is 0. The second-order valence-electron chi connectivity index (χ2n) is 6.19. The summed E-state index contributed by atoms with van der Waals surface area (Å²) in [5.74, 6) is -1.71. The van der Waals surface area contributed by atoms with E-state index in [0.717, 1.165) is 10.5 Å². The highest BCUT2D eigenvalue weighted by Gasteiger charge is 2.41. The Morgan fingerprint density at radius 1 is 1.36 bits per heavy atom. The van der Waals surface area contributed by atoms with Gasteiger partial charge in [-0.2, -0.15) is 0 Å². The van der Waals surface area contributed by atoms with Crippen LogP contribution in [0.1, 0.15) is 5.56 Å². The molecule has 3 rings (SSSR count). The first-order chi connectivity index (χ1) is 11.8. The number of carbonyl (C=O) groups excluding carboxylic acids is 1. The average molecular weight is 369 g/mol. The van der Waals surface area contributed by atoms with Crippen LogP contribution in [0.4, 0.5) is 0 Å². The molecule has 2 aliphatic rings. The maximum atomic E-state index is 12.8. The fourth-order valence-corrected chi connectivity index (χ4v) is 4.59. The van der Waals surface area contributed by atoms with Crippen LogP contribution >= 0.6 is 0 Å². The number of amides is 1. The number of carbonyl (C=O) groups is 2. The van der Waals surface area contributed by atoms with Crippen LogP contribution in [-0.4, -0.2) is 68.1 Å². The van der Waals surface area contributed by atoms with Gasteiger partial charge < -0.3 is 19.5 Å². The largest absolute Gasteiger partial charge is 0.497 e. The van der Waals surface area contributed by atoms with Crippen LogP contribution in [0.3, 0.4) is 0 Å². The van der Waals surface area contributed by atoms with Crippen molar-refractivity contribution in [1.82, 2.24) is 4.90 Å². The van der Waals surface area contributed by atoms with Crippen molar-refractivity contribution < 1.29 is 32.6 Å². The second-order valence-corrected chi connectivity index (χ2v) is 8.41. The SMILES string of the molecule is COc1ccc2c(c1)OCC(C(=O)N1CCS(=O)(=O)CC1C(=O)O)C2. The number of sulfone groups is 1. The van der Waals surface area contributed by atoms with Crippen molar-refractivity contribution in [2.75, 3.05) is 31.8 Å². The molecular formula is C16H19NO7S. The molecule has 2 heterocycles. The zero-order valence-corrected chi connectivity index (χ0v) is 14.5. The maximum Gasteiger partial charge on any atom is 0.327 e. The van der Waals surface area contributed by atoms with Crippen molar-refractivity contribution in [1.29, 1.82) is 0 Å². The summed E-state index contributed by atoms with van der Waals surface area (Å²) in [5, 5.41) is 9.30. The number of aliphatic carboxylic acids is 1. The summed E-state index contributed by atoms with van der Waals surface area (Å²) in [6.45, 7) is 0.0126. The van der Waals surface area contributed by atoms with E-state index in [1.54, 1.807) is 19.2 Å². The van der Waals surface area contributed by atoms with Gasteiger partial charge in [0, 0.05) is 12.6 Å². The number of hydrogen-bond acceptors (Lipinski definition) is 6. The molecule has 1 amide bonds. The van der Waals surface area contributed by atoms with Gasteiger partial charge in [-0.05, 0) is 18.1 Å². The number of hydrogen-bond donors (Lipinski definition) is 1. The molecule has 2 unspecified atom stereocenters. The summed E-state index contributed by atoms with van der Waals surface area (Å²) in [6, 6.07) is 3.97. The first-order valence-corrected chi connectivity index (χ1v) is 9.66. The molecule has 1 aromatic carbocycles. The van der Waals surface area contributed by atoms with Crippen molar-refractivity contribution in [2.24, 2.45) is 5.92 Å². The molecule has 2 atom stereocenters. The fourth-order valence-electron chi connectivity index (χ4n) is 3.15. The molecule has 0 aromatic heterocycles. The Bertz CT molecular complexity index is 805. The number of ether oxygens (including phenoxy) is 2. The van der Waals surface area contributed by atoms with E-state index in [9.17, 15) is 23.1 Å². The summed E-state index contributed by atoms with van der Waals surface area (Å²) in [7, 11) is -1.90. The highest BCUT2D eigenvalue weighted by molar-refractivity contribution is 7.91. The number of benzene rings is 1. The van der Waals surface area contributed by atoms with Crippen molar-refractivity contribution in [2.45, 2.75) is 12.5 Å². The highest BCUT2D eigenvalue weighted by atomic mass is 32.2. The van der Waals surface area contributed by atoms with Crippen LogP contribution in [0.5, 0.6) is 11.5 Å². The van der Waals surface area contributed by atoms with Crippen LogP contribution in [0, 0.1) is 5.92 Å². The predicted molar refractivity (Wildman–Crippen MR) is 87.5 cm³/mol. The van der Waals surface area contributed by atoms with Crippen LogP contribution in [0.15, 0.2) is 18.2 Å². The van der Waals surface area contributed by atoms with Gasteiger partial charge in [-0.3, -0.25) is 4.79 Å². The van der Waals surface area contributed by atoms with E-state index in [1.807, 2.05) is 6.07 Å². The molecule has 0 saturated carbocycles. The van der Waals surface area contributed by atoms with E-state index >= 15 is 0 Å². The van der Waals surface area contributed by atoms with Crippen molar-refractivity contribution in [3.8, 4) is 11.5 Å². The molecule has 25 heavy (non-hydrogen) atoms. The quantitative estimate of drug-likeness (QED) is 0.796. The Kier molecular flexibility index (Phi) is 4.59. The molecule has 2 aliphatic heterocycles. The molecule has 8 nitrogen and oxygen atoms in total. The number of fused-ring (bicyclic) bond motifs is 1. The maximum absolute atomic E-state index is 12.8. The molecule has 0 aliphatic carbocycles. The number of carboxylic acids is 1. The summed E-state index contributed by atoms with van der Waals surface area (Å²) in [4.78, 5) is 25.3. The van der Waals surface area contributed by atoms with Gasteiger partial charge in [-0.15, -0.1) is 0 Å². The summed E-state index contributed by atoms with van der Waals surface area (Å²) in [6.07, 6.45) is 0.410. The van der Waals surface area contributed by atoms with E-state index in [0.29, 0.717) is 17.9 Å². The van der Waals surface area contributed by atoms with Crippen LogP contribution < -0.4 is 9.47 Å². The van der Waals surface area contributed by atoms with Gasteiger partial charge in [-0.25, -0.2) is 13.2 Å². The fraction of sp³-hybridized carbons (Fsp3) is 0.500. The Hall–Kier alpha value is -2.29. The molecule has 1 aromatic rings. The lowest BCUT2D eigenvalue weighted by Gasteiger charge is -2.36. The van der Waals surface area contributed by atoms with Crippen molar-refractivity contribution in [3.63, 3.8) is 0 Å². The molecule has 0 spiro atoms. The van der Waals surface area contributed by atoms with Crippen LogP contribution in [0.25, 0.3) is 0 Å². The molecule has 9 heteroatoms. The Labute approximate surface area is 145 Å². The van der Waals surface area contributed by atoms with Gasteiger partial charge >= 0.3 is 5.97 Å². The topological polar surface area (TPSA) is 110 Å². The van der Waals surface area contributed by atoms with E-state index in [2.05, 4.69) is 0 Å². The first-order valence-electron chi connectivity index (χ1n) is 7.84. The minimum Gasteiger partial charge on any atom is -0.497 e. The lowest BCUT2D eigenvalue weighted by Crippen LogP contribution is -2.57. The van der Waals surface area contributed by atoms with E-state index in [-0.39, 0.29) is 24.8 Å². The third-order valence-electron chi connectivity index (χ3n) is 4.53. The third kappa shape index (κ3) is 3.55. The van der Waals surface area contributed by atoms with Gasteiger partial charge in [0.2, 0.25) is 5.91 Å². The van der Waals surface area contributed by atoms with Gasteiger partial charge in [0.1, 0.15) is 24.1 Å². The van der Waals surface area contributed by atoms with E-state index in [4.69, 9.17) is 9.47 Å². The lowest BCUT2D eigenvalue weighted by atomic mass is 9.95. The van der Waals surface area contributed by atoms with E-state index < -0.39 is 33.5 Å². The second kappa shape index (κ2) is 6.55. The molecule has 0 radical (unpaired) electrons. The van der Waals surface area contributed by atoms with Gasteiger partial charge in [0.25, 0.3) is 0 Å². The Balaban J connectivity index is 1.77. The standard InChI is InChI=1S/C16H19NO7S/c1-23-12-3-2-10-6-11(8-24-14(10)7-12)15(18)17-4-5-25(21,22)9-13(17)16(19)20/h2-3,7,11,13H,4-6,8-9H2,1H3,(H,19,20). The summed E-state index contributed by atoms with van der Waals surface area (Å²) in [5.41, 5.74) is 0.835. The van der Waals surface area contributed by atoms with E-state index in [1.165, 1.54) is 0 Å². The van der Waals surface area contributed by atoms with Gasteiger partial charge in [-0.1, -0.05) is 6.07 Å². The van der Waals surface area contributed by atoms with Crippen molar-refractivity contribution in [3.05, 3.63) is 23.8 Å². The Morgan fingerprint density at radius 2 is 2.12 bits per heavy atom. The third-order valence-corrected chi connectivity index (χ3v) is 6.16. The van der Waals surface area contributed by atoms with Crippen LogP contribution in [0.2, 0.25) is 0 Å². The molecular weight excluding hydrogens is 350 g/mol. The normalized spacial score (nSPS) is 24.8. The molecule has 1 saturated heterocycles. The predicted octanol–water partition coefficient (Wildman–Crippen LogP) is -0.0435. The average Bonchev–Trinajstić information content (AvgIpc) is 2.59. The smallest absolute Gasteiger partial charge is 0.327 e. The summed E-state index contributed by atoms with van der Waals surface area (Å²) < 4.78 is 34.2. The minimum absolute atomic E-state index is 0.107. The monoisotopic (exact) mass is 369 g/mol. The molecule has 1 fully saturated rings. The lowest BCUT2D eigenvalue weighted by molar-refractivity contribution is -0.151. The minimum atomic E-state index is -3.45. The zero-order chi connectivity index (χ0) is 18.2. The van der Waals surface area contributed by atoms with Crippen LogP contribution in [-0.2, 0) is 25.8 Å². The molecule has 136 valence electrons. The number of rotatable bonds is 3. The molecule has 0 bridgehead atoms. The number of nitrogens with zero attached hydrogens (tertiary/aromatic N) is 1. The zero-order valence-electron chi connectivity index (χ0n) is 13.7. The van der Waals surface area contributed by atoms with Gasteiger partial charge in [0.05, 0.1) is 24.5 Å². The number of carboxylic acid groups (broad SMARTS) is 1. The van der Waals surface area contributed by atoms with Crippen molar-refractivity contribution >= 4 is 21.7 Å². The first kappa shape index (κ1) is 17.5.